The second kappa shape index (κ2) is 16.9. The first-order chi connectivity index (χ1) is 26.7. The van der Waals surface area contributed by atoms with Crippen LogP contribution in [-0.2, 0) is 37.9 Å². The Morgan fingerprint density at radius 1 is 0.768 bits per heavy atom. The molecule has 1 heterocycles. The number of nitrogens with zero attached hydrogens (tertiary/aromatic N) is 2. The molecule has 290 valence electrons. The van der Waals surface area contributed by atoms with Gasteiger partial charge < -0.3 is 19.7 Å². The largest absolute Gasteiger partial charge is 0.481 e. The van der Waals surface area contributed by atoms with Gasteiger partial charge in [-0.2, -0.15) is 16.8 Å². The maximum Gasteiger partial charge on any atom is 0.303 e. The van der Waals surface area contributed by atoms with Gasteiger partial charge >= 0.3 is 5.97 Å². The topological polar surface area (TPSA) is 204 Å². The maximum atomic E-state index is 13.8. The van der Waals surface area contributed by atoms with Gasteiger partial charge in [0.25, 0.3) is 26.1 Å². The highest BCUT2D eigenvalue weighted by Crippen LogP contribution is 2.42. The summed E-state index contributed by atoms with van der Waals surface area (Å²) in [6.45, 7) is 1.15. The predicted octanol–water partition coefficient (Wildman–Crippen LogP) is 6.43. The normalized spacial score (nSPS) is 12.2. The second-order valence-corrected chi connectivity index (χ2v) is 16.0. The first kappa shape index (κ1) is 39.8. The lowest BCUT2D eigenvalue weighted by Crippen LogP contribution is -2.28. The number of carboxylic acid groups (broad SMARTS) is 1. The number of hydrogen-bond acceptors (Lipinski definition) is 9. The van der Waals surface area contributed by atoms with Gasteiger partial charge in [-0.15, -0.1) is 0 Å². The Kier molecular flexibility index (Phi) is 12.0. The lowest BCUT2D eigenvalue weighted by Gasteiger charge is -2.21. The van der Waals surface area contributed by atoms with E-state index in [-0.39, 0.29) is 28.7 Å². The van der Waals surface area contributed by atoms with E-state index in [1.165, 1.54) is 29.2 Å². The monoisotopic (exact) mass is 797 g/mol. The van der Waals surface area contributed by atoms with E-state index in [2.05, 4.69) is 5.32 Å². The van der Waals surface area contributed by atoms with Crippen molar-refractivity contribution in [3.63, 3.8) is 0 Å². The number of anilines is 1. The number of carbonyl (C=O) groups excluding carboxylic acids is 1. The van der Waals surface area contributed by atoms with Crippen LogP contribution in [0.1, 0.15) is 34.3 Å². The van der Waals surface area contributed by atoms with Crippen LogP contribution in [0.2, 0.25) is 0 Å². The van der Waals surface area contributed by atoms with Gasteiger partial charge in [-0.1, -0.05) is 42.5 Å². The molecular weight excluding hydrogens is 759 g/mol. The van der Waals surface area contributed by atoms with Crippen molar-refractivity contribution < 1.29 is 45.1 Å². The van der Waals surface area contributed by atoms with Crippen molar-refractivity contribution in [2.45, 2.75) is 35.5 Å². The summed E-state index contributed by atoms with van der Waals surface area (Å²) >= 11 is 0. The molecule has 4 aromatic rings. The molecule has 1 aliphatic carbocycles. The third-order valence-electron chi connectivity index (χ3n) is 9.24. The van der Waals surface area contributed by atoms with E-state index in [0.29, 0.717) is 60.2 Å². The highest BCUT2D eigenvalue weighted by atomic mass is 32.2. The van der Waals surface area contributed by atoms with Crippen LogP contribution < -0.4 is 10.7 Å². The number of rotatable bonds is 15. The molecule has 0 saturated heterocycles. The Labute approximate surface area is 323 Å². The van der Waals surface area contributed by atoms with Gasteiger partial charge in [0.2, 0.25) is 0 Å². The average Bonchev–Trinajstić information content (AvgIpc) is 3.16. The number of aliphatic carboxylic acids is 1. The van der Waals surface area contributed by atoms with Crippen LogP contribution >= 0.6 is 0 Å². The molecule has 0 spiro atoms. The van der Waals surface area contributed by atoms with Crippen LogP contribution in [0.5, 0.6) is 0 Å². The van der Waals surface area contributed by atoms with Crippen LogP contribution in [0.15, 0.2) is 128 Å². The Bertz CT molecular complexity index is 2660. The van der Waals surface area contributed by atoms with Crippen LogP contribution in [-0.4, -0.2) is 74.5 Å². The third-order valence-corrected chi connectivity index (χ3v) is 11.0. The fourth-order valence-corrected chi connectivity index (χ4v) is 7.32. The number of nitrogens with one attached hydrogen (secondary N) is 1. The zero-order valence-corrected chi connectivity index (χ0v) is 31.9. The summed E-state index contributed by atoms with van der Waals surface area (Å²) in [5.41, 5.74) is 5.59. The van der Waals surface area contributed by atoms with Gasteiger partial charge in [-0.25, -0.2) is 0 Å². The fourth-order valence-electron chi connectivity index (χ4n) is 6.36. The highest BCUT2D eigenvalue weighted by molar-refractivity contribution is 7.86. The summed E-state index contributed by atoms with van der Waals surface area (Å²) < 4.78 is 70.7. The predicted molar refractivity (Wildman–Crippen MR) is 211 cm³/mol. The number of hydrogen-bond donors (Lipinski definition) is 4. The Hall–Kier alpha value is -5.87. The van der Waals surface area contributed by atoms with Crippen LogP contribution in [0.4, 0.5) is 5.69 Å². The van der Waals surface area contributed by atoms with Crippen LogP contribution in [0.3, 0.4) is 0 Å². The molecule has 0 fully saturated rings. The van der Waals surface area contributed by atoms with E-state index in [1.807, 2.05) is 48.5 Å². The molecule has 13 nitrogen and oxygen atoms in total. The van der Waals surface area contributed by atoms with Crippen molar-refractivity contribution in [3.05, 3.63) is 131 Å². The van der Waals surface area contributed by atoms with E-state index in [9.17, 15) is 35.5 Å². The number of benzene rings is 5. The molecule has 4 aromatic carbocycles. The molecule has 0 radical (unpaired) electrons. The standard InChI is InChI=1S/C41H39N3O10S2/c1-44(24-4-7-39(45)46)41(47)34-6-3-2-5-33(34)40-35-18-12-29(42-22-20-27-8-14-31(15-9-27)55(48,49)50)25-37(35)54-38-26-30(13-19-36(38)40)43-23-21-28-10-16-32(17-11-28)56(51,52)53/h2-3,5-6,8-19,25-26,42H,4,7,20-24H2,1H3,(H,45,46)(H,48,49,50)(H,51,52,53). The minimum Gasteiger partial charge on any atom is -0.481 e. The summed E-state index contributed by atoms with van der Waals surface area (Å²) in [4.78, 5) is 30.8. The number of carbonyl (C=O) groups is 2. The number of fused-ring (bicyclic) bond motifs is 2. The maximum absolute atomic E-state index is 13.8. The first-order valence-electron chi connectivity index (χ1n) is 17.6. The molecule has 15 heteroatoms. The molecule has 0 bridgehead atoms. The molecule has 0 saturated carbocycles. The Balaban J connectivity index is 1.35. The zero-order valence-electron chi connectivity index (χ0n) is 30.3. The molecule has 1 aliphatic heterocycles. The quantitative estimate of drug-likeness (QED) is 0.0658. The van der Waals surface area contributed by atoms with Gasteiger partial charge in [0, 0.05) is 73.0 Å². The molecule has 0 aromatic heterocycles. The second-order valence-electron chi connectivity index (χ2n) is 13.2. The van der Waals surface area contributed by atoms with Gasteiger partial charge in [0.1, 0.15) is 11.3 Å². The third kappa shape index (κ3) is 9.67. The zero-order chi connectivity index (χ0) is 40.0. The number of carboxylic acids is 1. The van der Waals surface area contributed by atoms with Gasteiger partial charge in [0.05, 0.1) is 15.1 Å². The average molecular weight is 798 g/mol. The lowest BCUT2D eigenvalue weighted by atomic mass is 9.90. The smallest absolute Gasteiger partial charge is 0.303 e. The molecule has 0 atom stereocenters. The van der Waals surface area contributed by atoms with E-state index in [0.717, 1.165) is 33.3 Å². The van der Waals surface area contributed by atoms with Crippen molar-refractivity contribution in [1.29, 1.82) is 0 Å². The van der Waals surface area contributed by atoms with Gasteiger partial charge in [-0.3, -0.25) is 23.7 Å². The molecule has 2 aliphatic rings. The van der Waals surface area contributed by atoms with Crippen LogP contribution in [0.25, 0.3) is 33.4 Å². The van der Waals surface area contributed by atoms with E-state index in [1.54, 1.807) is 43.4 Å². The van der Waals surface area contributed by atoms with Crippen LogP contribution in [0, 0.1) is 0 Å². The summed E-state index contributed by atoms with van der Waals surface area (Å²) in [7, 11) is -6.92. The van der Waals surface area contributed by atoms with E-state index >= 15 is 0 Å². The van der Waals surface area contributed by atoms with Crippen molar-refractivity contribution >= 4 is 48.8 Å². The molecule has 0 unspecified atom stereocenters. The van der Waals surface area contributed by atoms with Crippen molar-refractivity contribution in [2.75, 3.05) is 32.0 Å². The minimum atomic E-state index is -4.29. The summed E-state index contributed by atoms with van der Waals surface area (Å²) in [5.74, 6) is -0.674. The van der Waals surface area contributed by atoms with E-state index in [4.69, 9.17) is 14.5 Å². The highest BCUT2D eigenvalue weighted by Gasteiger charge is 2.23. The lowest BCUT2D eigenvalue weighted by molar-refractivity contribution is -0.137. The minimum absolute atomic E-state index is 0.0564. The van der Waals surface area contributed by atoms with Crippen molar-refractivity contribution in [1.82, 2.24) is 4.90 Å². The Morgan fingerprint density at radius 3 is 2.05 bits per heavy atom. The molecular formula is C41H39N3O10S2. The molecule has 4 N–H and O–H groups in total. The SMILES string of the molecule is CN(CCCC(=O)O)C(=O)c1ccccc1-c1c2ccc(=NCCc3ccc(S(=O)(=O)O)cc3)cc-2oc2cc(NCCc3ccc(S(=O)(=O)O)cc3)ccc12. The fraction of sp³-hybridized carbons (Fsp3) is 0.195. The van der Waals surface area contributed by atoms with E-state index < -0.39 is 26.2 Å². The summed E-state index contributed by atoms with van der Waals surface area (Å²) in [6.07, 6.45) is 1.33. The van der Waals surface area contributed by atoms with Crippen molar-refractivity contribution in [2.24, 2.45) is 4.99 Å². The van der Waals surface area contributed by atoms with Gasteiger partial charge in [0.15, 0.2) is 0 Å². The molecule has 1 amide bonds. The van der Waals surface area contributed by atoms with Crippen molar-refractivity contribution in [3.8, 4) is 22.5 Å². The van der Waals surface area contributed by atoms with Gasteiger partial charge in [-0.05, 0) is 90.6 Å². The summed E-state index contributed by atoms with van der Waals surface area (Å²) in [6, 6.07) is 30.4. The number of amides is 1. The summed E-state index contributed by atoms with van der Waals surface area (Å²) in [5, 5.41) is 13.9. The Morgan fingerprint density at radius 2 is 1.41 bits per heavy atom. The molecule has 6 rings (SSSR count). The first-order valence-corrected chi connectivity index (χ1v) is 20.5. The molecule has 56 heavy (non-hydrogen) atoms.